The van der Waals surface area contributed by atoms with Crippen LogP contribution in [-0.2, 0) is 4.79 Å². The number of ether oxygens (including phenoxy) is 3. The fourth-order valence-corrected chi connectivity index (χ4v) is 4.54. The Morgan fingerprint density at radius 3 is 2.73 bits per heavy atom. The second-order valence-electron chi connectivity index (χ2n) is 8.38. The molecule has 0 aromatic heterocycles. The lowest BCUT2D eigenvalue weighted by atomic mass is 10.1. The minimum atomic E-state index is -0.528. The van der Waals surface area contributed by atoms with Gasteiger partial charge in [0.25, 0.3) is 5.91 Å². The Kier molecular flexibility index (Phi) is 3.91. The molecule has 0 N–H and O–H groups in total. The zero-order valence-electron chi connectivity index (χ0n) is 16.5. The number of para-hydroxylation sites is 2. The molecule has 2 atom stereocenters. The van der Waals surface area contributed by atoms with Crippen LogP contribution in [0.4, 0.5) is 5.69 Å². The molecular formula is C23H22N2O5. The number of rotatable bonds is 3. The summed E-state index contributed by atoms with van der Waals surface area (Å²) in [5, 5.41) is 0. The molecule has 0 unspecified atom stereocenters. The third-order valence-corrected chi connectivity index (χ3v) is 6.28. The maximum atomic E-state index is 13.6. The first-order valence-corrected chi connectivity index (χ1v) is 10.4. The summed E-state index contributed by atoms with van der Waals surface area (Å²) in [6, 6.07) is 12.3. The SMILES string of the molecule is O=C1[C@@H]2C[C@@H](CN2C(=O)c2ccc3c(c2)OCO3)Oc2ccccc2N1CC1CC1. The number of amides is 2. The zero-order valence-corrected chi connectivity index (χ0v) is 16.5. The van der Waals surface area contributed by atoms with E-state index in [0.29, 0.717) is 48.2 Å². The standard InChI is InChI=1S/C23H22N2O5/c26-22(15-7-8-20-21(9-15)29-13-28-20)25-12-16-10-18(25)23(27)24(11-14-5-6-14)17-3-1-2-4-19(17)30-16/h1-4,7-9,14,16,18H,5-6,10-13H2/t16-,18-/m0/s1. The lowest BCUT2D eigenvalue weighted by Gasteiger charge is -2.31. The number of likely N-dealkylation sites (tertiary alicyclic amines) is 1. The van der Waals surface area contributed by atoms with Crippen molar-refractivity contribution in [3.8, 4) is 17.2 Å². The van der Waals surface area contributed by atoms with E-state index in [-0.39, 0.29) is 24.7 Å². The van der Waals surface area contributed by atoms with E-state index < -0.39 is 6.04 Å². The molecule has 2 bridgehead atoms. The van der Waals surface area contributed by atoms with Gasteiger partial charge in [0, 0.05) is 18.5 Å². The van der Waals surface area contributed by atoms with Crippen LogP contribution in [0, 0.1) is 5.92 Å². The Labute approximate surface area is 174 Å². The Balaban J connectivity index is 1.34. The van der Waals surface area contributed by atoms with Gasteiger partial charge in [-0.3, -0.25) is 9.59 Å². The first-order valence-electron chi connectivity index (χ1n) is 10.4. The van der Waals surface area contributed by atoms with Crippen LogP contribution in [0.25, 0.3) is 0 Å². The summed E-state index contributed by atoms with van der Waals surface area (Å²) >= 11 is 0. The van der Waals surface area contributed by atoms with Crippen LogP contribution in [-0.4, -0.2) is 48.7 Å². The van der Waals surface area contributed by atoms with Crippen LogP contribution in [0.15, 0.2) is 42.5 Å². The molecule has 7 heteroatoms. The average Bonchev–Trinajstić information content (AvgIpc) is 3.28. The van der Waals surface area contributed by atoms with Crippen LogP contribution < -0.4 is 19.1 Å². The van der Waals surface area contributed by atoms with Crippen molar-refractivity contribution in [1.29, 1.82) is 0 Å². The second kappa shape index (κ2) is 6.65. The molecule has 7 nitrogen and oxygen atoms in total. The van der Waals surface area contributed by atoms with Crippen LogP contribution in [0.1, 0.15) is 29.6 Å². The van der Waals surface area contributed by atoms with Crippen LogP contribution in [0.3, 0.4) is 0 Å². The summed E-state index contributed by atoms with van der Waals surface area (Å²) in [7, 11) is 0. The molecule has 0 spiro atoms. The average molecular weight is 406 g/mol. The van der Waals surface area contributed by atoms with Crippen molar-refractivity contribution in [2.24, 2.45) is 5.92 Å². The van der Waals surface area contributed by atoms with Crippen LogP contribution in [0.2, 0.25) is 0 Å². The highest BCUT2D eigenvalue weighted by atomic mass is 16.7. The molecular weight excluding hydrogens is 384 g/mol. The van der Waals surface area contributed by atoms with Crippen molar-refractivity contribution in [3.63, 3.8) is 0 Å². The van der Waals surface area contributed by atoms with E-state index in [0.717, 1.165) is 18.5 Å². The molecule has 1 saturated carbocycles. The number of carbonyl (C=O) groups excluding carboxylic acids is 2. The van der Waals surface area contributed by atoms with Crippen molar-refractivity contribution in [3.05, 3.63) is 48.0 Å². The monoisotopic (exact) mass is 406 g/mol. The predicted molar refractivity (Wildman–Crippen MR) is 108 cm³/mol. The van der Waals surface area contributed by atoms with E-state index >= 15 is 0 Å². The Morgan fingerprint density at radius 2 is 1.87 bits per heavy atom. The van der Waals surface area contributed by atoms with Gasteiger partial charge in [-0.25, -0.2) is 0 Å². The van der Waals surface area contributed by atoms with Gasteiger partial charge in [0.15, 0.2) is 11.5 Å². The maximum Gasteiger partial charge on any atom is 0.254 e. The van der Waals surface area contributed by atoms with Crippen molar-refractivity contribution in [2.75, 3.05) is 24.8 Å². The topological polar surface area (TPSA) is 68.3 Å². The van der Waals surface area contributed by atoms with Crippen LogP contribution in [0.5, 0.6) is 17.2 Å². The van der Waals surface area contributed by atoms with Crippen LogP contribution >= 0.6 is 0 Å². The molecule has 154 valence electrons. The largest absolute Gasteiger partial charge is 0.486 e. The van der Waals surface area contributed by atoms with E-state index in [1.807, 2.05) is 29.2 Å². The minimum absolute atomic E-state index is 0.0192. The lowest BCUT2D eigenvalue weighted by molar-refractivity contribution is -0.122. The van der Waals surface area contributed by atoms with Gasteiger partial charge >= 0.3 is 0 Å². The molecule has 1 saturated heterocycles. The number of hydrogen-bond acceptors (Lipinski definition) is 5. The molecule has 3 aliphatic heterocycles. The quantitative estimate of drug-likeness (QED) is 0.784. The highest BCUT2D eigenvalue weighted by Gasteiger charge is 2.46. The fourth-order valence-electron chi connectivity index (χ4n) is 4.54. The summed E-state index contributed by atoms with van der Waals surface area (Å²) in [6.45, 7) is 1.21. The van der Waals surface area contributed by atoms with E-state index in [9.17, 15) is 9.59 Å². The third kappa shape index (κ3) is 2.88. The molecule has 3 heterocycles. The highest BCUT2D eigenvalue weighted by Crippen LogP contribution is 2.40. The number of benzene rings is 2. The molecule has 2 aromatic rings. The molecule has 6 rings (SSSR count). The third-order valence-electron chi connectivity index (χ3n) is 6.28. The van der Waals surface area contributed by atoms with Gasteiger partial charge in [-0.1, -0.05) is 12.1 Å². The number of nitrogens with zero attached hydrogens (tertiary/aromatic N) is 2. The van der Waals surface area contributed by atoms with Gasteiger partial charge in [-0.15, -0.1) is 0 Å². The van der Waals surface area contributed by atoms with Gasteiger partial charge in [0.1, 0.15) is 17.9 Å². The normalized spacial score (nSPS) is 24.2. The van der Waals surface area contributed by atoms with Crippen molar-refractivity contribution < 1.29 is 23.8 Å². The number of anilines is 1. The molecule has 0 radical (unpaired) electrons. The molecule has 1 aliphatic carbocycles. The van der Waals surface area contributed by atoms with Crippen molar-refractivity contribution in [1.82, 2.24) is 4.90 Å². The second-order valence-corrected chi connectivity index (χ2v) is 8.38. The van der Waals surface area contributed by atoms with Gasteiger partial charge in [-0.05, 0) is 49.1 Å². The summed E-state index contributed by atoms with van der Waals surface area (Å²) in [6.07, 6.45) is 2.57. The van der Waals surface area contributed by atoms with Crippen molar-refractivity contribution >= 4 is 17.5 Å². The first-order chi connectivity index (χ1) is 14.7. The molecule has 2 aromatic carbocycles. The van der Waals surface area contributed by atoms with E-state index in [1.54, 1.807) is 23.1 Å². The summed E-state index contributed by atoms with van der Waals surface area (Å²) in [5.74, 6) is 2.22. The Hall–Kier alpha value is -3.22. The number of carbonyl (C=O) groups is 2. The first kappa shape index (κ1) is 17.6. The Bertz CT molecular complexity index is 1030. The van der Waals surface area contributed by atoms with E-state index in [2.05, 4.69) is 0 Å². The predicted octanol–water partition coefficient (Wildman–Crippen LogP) is 2.83. The zero-order chi connectivity index (χ0) is 20.2. The molecule has 2 amide bonds. The van der Waals surface area contributed by atoms with Gasteiger partial charge < -0.3 is 24.0 Å². The smallest absolute Gasteiger partial charge is 0.254 e. The summed E-state index contributed by atoms with van der Waals surface area (Å²) in [5.41, 5.74) is 1.30. The molecule has 30 heavy (non-hydrogen) atoms. The fraction of sp³-hybridized carbons (Fsp3) is 0.391. The summed E-state index contributed by atoms with van der Waals surface area (Å²) in [4.78, 5) is 30.5. The highest BCUT2D eigenvalue weighted by molar-refractivity contribution is 6.04. The number of hydrogen-bond donors (Lipinski definition) is 0. The van der Waals surface area contributed by atoms with Gasteiger partial charge in [0.05, 0.1) is 12.2 Å². The number of fused-ring (bicyclic) bond motifs is 4. The molecule has 4 aliphatic rings. The lowest BCUT2D eigenvalue weighted by Crippen LogP contribution is -2.48. The van der Waals surface area contributed by atoms with E-state index in [1.165, 1.54) is 0 Å². The van der Waals surface area contributed by atoms with Crippen molar-refractivity contribution in [2.45, 2.75) is 31.4 Å². The van der Waals surface area contributed by atoms with Gasteiger partial charge in [0.2, 0.25) is 12.7 Å². The molecule has 2 fully saturated rings. The summed E-state index contributed by atoms with van der Waals surface area (Å²) < 4.78 is 17.0. The van der Waals surface area contributed by atoms with E-state index in [4.69, 9.17) is 14.2 Å². The maximum absolute atomic E-state index is 13.6. The van der Waals surface area contributed by atoms with Gasteiger partial charge in [-0.2, -0.15) is 0 Å². The Morgan fingerprint density at radius 1 is 1.03 bits per heavy atom. The minimum Gasteiger partial charge on any atom is -0.486 e.